The van der Waals surface area contributed by atoms with Crippen molar-refractivity contribution in [3.8, 4) is 0 Å². The van der Waals surface area contributed by atoms with E-state index in [2.05, 4.69) is 35.0 Å². The van der Waals surface area contributed by atoms with Crippen molar-refractivity contribution >= 4 is 46.0 Å². The summed E-state index contributed by atoms with van der Waals surface area (Å²) in [5.41, 5.74) is 5.70. The van der Waals surface area contributed by atoms with Crippen molar-refractivity contribution in [2.45, 2.75) is 30.7 Å². The third-order valence-electron chi connectivity index (χ3n) is 3.71. The predicted molar refractivity (Wildman–Crippen MR) is 95.1 cm³/mol. The molecule has 2 atom stereocenters. The molecule has 1 aromatic rings. The molecule has 0 aliphatic carbocycles. The topological polar surface area (TPSA) is 46.3 Å². The number of thioether (sulfide) groups is 1. The molecule has 1 amide bonds. The Morgan fingerprint density at radius 3 is 2.67 bits per heavy atom. The molecular formula is C15H22BrClN2OS. The lowest BCUT2D eigenvalue weighted by molar-refractivity contribution is -0.131. The fourth-order valence-corrected chi connectivity index (χ4v) is 3.70. The molecule has 6 heteroatoms. The number of nitrogens with zero attached hydrogens (tertiary/aromatic N) is 1. The van der Waals surface area contributed by atoms with E-state index in [0.717, 1.165) is 23.2 Å². The van der Waals surface area contributed by atoms with Gasteiger partial charge in [0.15, 0.2) is 0 Å². The Balaban J connectivity index is 0.00000220. The van der Waals surface area contributed by atoms with Crippen molar-refractivity contribution in [2.75, 3.05) is 18.8 Å². The van der Waals surface area contributed by atoms with Crippen molar-refractivity contribution in [1.82, 2.24) is 4.90 Å². The lowest BCUT2D eigenvalue weighted by atomic mass is 10.1. The molecule has 0 aromatic heterocycles. The molecule has 1 heterocycles. The summed E-state index contributed by atoms with van der Waals surface area (Å²) in [5.74, 6) is 1.57. The standard InChI is InChI=1S/C15H21BrN2OS.ClH/c1-11-8-12(9-17)10-18(11)15(19)6-7-20-14-4-2-13(16)3-5-14;/h2-5,11-12H,6-10,17H2,1H3;1H. The number of rotatable bonds is 5. The van der Waals surface area contributed by atoms with Gasteiger partial charge < -0.3 is 10.6 Å². The van der Waals surface area contributed by atoms with Crippen LogP contribution >= 0.6 is 40.1 Å². The predicted octanol–water partition coefficient (Wildman–Crippen LogP) is 3.55. The minimum absolute atomic E-state index is 0. The number of nitrogens with two attached hydrogens (primary N) is 1. The van der Waals surface area contributed by atoms with Gasteiger partial charge in [-0.2, -0.15) is 0 Å². The highest BCUT2D eigenvalue weighted by Gasteiger charge is 2.30. The summed E-state index contributed by atoms with van der Waals surface area (Å²) in [4.78, 5) is 15.4. The maximum atomic E-state index is 12.2. The summed E-state index contributed by atoms with van der Waals surface area (Å²) in [5, 5.41) is 0. The van der Waals surface area contributed by atoms with E-state index in [1.54, 1.807) is 11.8 Å². The van der Waals surface area contributed by atoms with E-state index in [-0.39, 0.29) is 18.3 Å². The van der Waals surface area contributed by atoms with Gasteiger partial charge in [-0.1, -0.05) is 15.9 Å². The highest BCUT2D eigenvalue weighted by atomic mass is 79.9. The Kier molecular flexibility index (Phi) is 8.09. The minimum atomic E-state index is 0. The first kappa shape index (κ1) is 18.8. The molecule has 0 radical (unpaired) electrons. The summed E-state index contributed by atoms with van der Waals surface area (Å²) >= 11 is 5.15. The molecule has 0 bridgehead atoms. The van der Waals surface area contributed by atoms with Gasteiger partial charge in [0.1, 0.15) is 0 Å². The SMILES string of the molecule is CC1CC(CN)CN1C(=O)CCSc1ccc(Br)cc1.Cl. The summed E-state index contributed by atoms with van der Waals surface area (Å²) in [6, 6.07) is 8.54. The van der Waals surface area contributed by atoms with Crippen molar-refractivity contribution in [3.63, 3.8) is 0 Å². The number of amides is 1. The molecule has 2 rings (SSSR count). The molecular weight excluding hydrogens is 372 g/mol. The molecule has 1 saturated heterocycles. The average Bonchev–Trinajstić information content (AvgIpc) is 2.82. The van der Waals surface area contributed by atoms with Crippen LogP contribution < -0.4 is 5.73 Å². The second-order valence-electron chi connectivity index (χ2n) is 5.28. The van der Waals surface area contributed by atoms with Crippen molar-refractivity contribution in [3.05, 3.63) is 28.7 Å². The van der Waals surface area contributed by atoms with Crippen LogP contribution in [0.4, 0.5) is 0 Å². The second-order valence-corrected chi connectivity index (χ2v) is 7.37. The van der Waals surface area contributed by atoms with Gasteiger partial charge >= 0.3 is 0 Å². The highest BCUT2D eigenvalue weighted by molar-refractivity contribution is 9.10. The largest absolute Gasteiger partial charge is 0.340 e. The molecule has 1 aromatic carbocycles. The van der Waals surface area contributed by atoms with Crippen LogP contribution in [0.1, 0.15) is 19.8 Å². The average molecular weight is 394 g/mol. The molecule has 0 spiro atoms. The number of hydrogen-bond donors (Lipinski definition) is 1. The van der Waals surface area contributed by atoms with E-state index in [1.807, 2.05) is 17.0 Å². The fourth-order valence-electron chi connectivity index (χ4n) is 2.59. The summed E-state index contributed by atoms with van der Waals surface area (Å²) < 4.78 is 1.08. The van der Waals surface area contributed by atoms with E-state index >= 15 is 0 Å². The van der Waals surface area contributed by atoms with Crippen LogP contribution in [-0.2, 0) is 4.79 Å². The first-order valence-electron chi connectivity index (χ1n) is 6.98. The normalized spacial score (nSPS) is 21.2. The second kappa shape index (κ2) is 9.03. The zero-order valence-electron chi connectivity index (χ0n) is 12.1. The Labute approximate surface area is 145 Å². The molecule has 3 nitrogen and oxygen atoms in total. The molecule has 2 unspecified atom stereocenters. The Bertz CT molecular complexity index is 457. The molecule has 2 N–H and O–H groups in total. The smallest absolute Gasteiger partial charge is 0.223 e. The molecule has 1 aliphatic rings. The van der Waals surface area contributed by atoms with Crippen LogP contribution in [-0.4, -0.2) is 35.7 Å². The van der Waals surface area contributed by atoms with Crippen molar-refractivity contribution < 1.29 is 4.79 Å². The molecule has 118 valence electrons. The number of carbonyl (C=O) groups is 1. The molecule has 0 saturated carbocycles. The summed E-state index contributed by atoms with van der Waals surface area (Å²) in [6.07, 6.45) is 1.64. The molecule has 1 fully saturated rings. The van der Waals surface area contributed by atoms with Crippen molar-refractivity contribution in [2.24, 2.45) is 11.7 Å². The Hall–Kier alpha value is -0.230. The monoisotopic (exact) mass is 392 g/mol. The van der Waals surface area contributed by atoms with Crippen LogP contribution in [0.3, 0.4) is 0 Å². The zero-order valence-corrected chi connectivity index (χ0v) is 15.3. The third kappa shape index (κ3) is 5.47. The summed E-state index contributed by atoms with van der Waals surface area (Å²) in [7, 11) is 0. The van der Waals surface area contributed by atoms with Crippen LogP contribution in [0.15, 0.2) is 33.6 Å². The lowest BCUT2D eigenvalue weighted by Gasteiger charge is -2.21. The minimum Gasteiger partial charge on any atom is -0.340 e. The lowest BCUT2D eigenvalue weighted by Crippen LogP contribution is -2.34. The number of hydrogen-bond acceptors (Lipinski definition) is 3. The van der Waals surface area contributed by atoms with Gasteiger partial charge in [-0.05, 0) is 50.1 Å². The van der Waals surface area contributed by atoms with Crippen LogP contribution in [0, 0.1) is 5.92 Å². The van der Waals surface area contributed by atoms with Crippen LogP contribution in [0.5, 0.6) is 0 Å². The number of carbonyl (C=O) groups excluding carboxylic acids is 1. The van der Waals surface area contributed by atoms with Gasteiger partial charge in [0.05, 0.1) is 0 Å². The summed E-state index contributed by atoms with van der Waals surface area (Å²) in [6.45, 7) is 3.64. The van der Waals surface area contributed by atoms with Gasteiger partial charge in [0.2, 0.25) is 5.91 Å². The van der Waals surface area contributed by atoms with Gasteiger partial charge in [-0.15, -0.1) is 24.2 Å². The fraction of sp³-hybridized carbons (Fsp3) is 0.533. The maximum Gasteiger partial charge on any atom is 0.223 e. The van der Waals surface area contributed by atoms with Gasteiger partial charge in [0.25, 0.3) is 0 Å². The van der Waals surface area contributed by atoms with Crippen LogP contribution in [0.2, 0.25) is 0 Å². The van der Waals surface area contributed by atoms with E-state index in [4.69, 9.17) is 5.73 Å². The van der Waals surface area contributed by atoms with E-state index < -0.39 is 0 Å². The van der Waals surface area contributed by atoms with E-state index in [9.17, 15) is 4.79 Å². The highest BCUT2D eigenvalue weighted by Crippen LogP contribution is 2.25. The molecule has 1 aliphatic heterocycles. The Morgan fingerprint density at radius 2 is 2.10 bits per heavy atom. The van der Waals surface area contributed by atoms with E-state index in [0.29, 0.717) is 24.9 Å². The van der Waals surface area contributed by atoms with Gasteiger partial charge in [0, 0.05) is 34.1 Å². The quantitative estimate of drug-likeness (QED) is 0.778. The van der Waals surface area contributed by atoms with Gasteiger partial charge in [-0.3, -0.25) is 4.79 Å². The first-order chi connectivity index (χ1) is 9.60. The van der Waals surface area contributed by atoms with Crippen LogP contribution in [0.25, 0.3) is 0 Å². The Morgan fingerprint density at radius 1 is 1.43 bits per heavy atom. The molecule has 21 heavy (non-hydrogen) atoms. The van der Waals surface area contributed by atoms with Gasteiger partial charge in [-0.25, -0.2) is 0 Å². The number of likely N-dealkylation sites (tertiary alicyclic amines) is 1. The third-order valence-corrected chi connectivity index (χ3v) is 5.26. The first-order valence-corrected chi connectivity index (χ1v) is 8.76. The zero-order chi connectivity index (χ0) is 14.5. The number of benzene rings is 1. The maximum absolute atomic E-state index is 12.2. The number of halogens is 2. The van der Waals surface area contributed by atoms with E-state index in [1.165, 1.54) is 4.90 Å². The van der Waals surface area contributed by atoms with Crippen molar-refractivity contribution in [1.29, 1.82) is 0 Å².